The summed E-state index contributed by atoms with van der Waals surface area (Å²) in [6.45, 7) is 7.67. The highest BCUT2D eigenvalue weighted by molar-refractivity contribution is 6.00. The van der Waals surface area contributed by atoms with E-state index in [1.165, 1.54) is 0 Å². The van der Waals surface area contributed by atoms with Crippen LogP contribution in [0.1, 0.15) is 66.2 Å². The Balaban J connectivity index is 2.30. The van der Waals surface area contributed by atoms with Gasteiger partial charge in [-0.2, -0.15) is 13.2 Å². The number of amides is 1. The van der Waals surface area contributed by atoms with Crippen LogP contribution in [0.15, 0.2) is 34.6 Å². The highest BCUT2D eigenvalue weighted by atomic mass is 19.4. The Morgan fingerprint density at radius 1 is 1.15 bits per heavy atom. The molecule has 0 saturated carbocycles. The van der Waals surface area contributed by atoms with Crippen molar-refractivity contribution in [3.05, 3.63) is 34.6 Å². The molecule has 1 atom stereocenters. The van der Waals surface area contributed by atoms with Crippen LogP contribution in [0.2, 0.25) is 0 Å². The molecule has 1 fully saturated rings. The minimum atomic E-state index is -4.64. The third-order valence-electron chi connectivity index (χ3n) is 6.15. The number of rotatable bonds is 9. The van der Waals surface area contributed by atoms with Gasteiger partial charge >= 0.3 is 12.1 Å². The molecule has 1 aliphatic heterocycles. The summed E-state index contributed by atoms with van der Waals surface area (Å²) in [4.78, 5) is 25.6. The lowest BCUT2D eigenvalue weighted by Crippen LogP contribution is -2.55. The van der Waals surface area contributed by atoms with Gasteiger partial charge in [0.15, 0.2) is 0 Å². The first-order valence-electron chi connectivity index (χ1n) is 11.5. The molecule has 2 aliphatic rings. The largest absolute Gasteiger partial charge is 0.495 e. The number of hydrogen-bond acceptors (Lipinski definition) is 5. The topological polar surface area (TPSA) is 73.9 Å². The third-order valence-corrected chi connectivity index (χ3v) is 6.15. The van der Waals surface area contributed by atoms with Crippen LogP contribution in [0.5, 0.6) is 0 Å². The fourth-order valence-corrected chi connectivity index (χ4v) is 3.93. The molecular weight excluding hydrogens is 439 g/mol. The number of carbonyl (C=O) groups is 2. The van der Waals surface area contributed by atoms with Gasteiger partial charge in [-0.05, 0) is 58.1 Å². The molecule has 33 heavy (non-hydrogen) atoms. The van der Waals surface area contributed by atoms with E-state index >= 15 is 0 Å². The average Bonchev–Trinajstić information content (AvgIpc) is 3.27. The molecule has 1 amide bonds. The van der Waals surface area contributed by atoms with Crippen LogP contribution in [0, 0.1) is 0 Å². The molecule has 1 N–H and O–H groups in total. The highest BCUT2D eigenvalue weighted by Crippen LogP contribution is 2.35. The van der Waals surface area contributed by atoms with E-state index < -0.39 is 29.2 Å². The van der Waals surface area contributed by atoms with Gasteiger partial charge in [0.1, 0.15) is 17.9 Å². The van der Waals surface area contributed by atoms with Crippen LogP contribution in [0.4, 0.5) is 13.2 Å². The molecule has 0 aromatic carbocycles. The fourth-order valence-electron chi connectivity index (χ4n) is 3.93. The maximum atomic E-state index is 13.8. The van der Waals surface area contributed by atoms with E-state index in [-0.39, 0.29) is 43.5 Å². The Morgan fingerprint density at radius 2 is 1.85 bits per heavy atom. The molecule has 1 aliphatic carbocycles. The monoisotopic (exact) mass is 473 g/mol. The number of nitrogens with one attached hydrogen (secondary N) is 1. The molecular formula is C24H34F3NO5. The summed E-state index contributed by atoms with van der Waals surface area (Å²) in [7, 11) is 0. The summed E-state index contributed by atoms with van der Waals surface area (Å²) in [5, 5.41) is 2.72. The molecule has 6 nitrogen and oxygen atoms in total. The van der Waals surface area contributed by atoms with Gasteiger partial charge in [-0.15, -0.1) is 0 Å². The Bertz CT molecular complexity index is 803. The summed E-state index contributed by atoms with van der Waals surface area (Å²) in [5.41, 5.74) is -1.45. The third kappa shape index (κ3) is 6.85. The van der Waals surface area contributed by atoms with Crippen LogP contribution >= 0.6 is 0 Å². The number of halogens is 3. The van der Waals surface area contributed by atoms with Crippen molar-refractivity contribution in [1.82, 2.24) is 5.32 Å². The van der Waals surface area contributed by atoms with E-state index in [0.29, 0.717) is 25.0 Å². The van der Waals surface area contributed by atoms with Gasteiger partial charge in [0.25, 0.3) is 5.91 Å². The average molecular weight is 474 g/mol. The lowest BCUT2D eigenvalue weighted by Gasteiger charge is -2.31. The van der Waals surface area contributed by atoms with Crippen molar-refractivity contribution in [1.29, 1.82) is 0 Å². The lowest BCUT2D eigenvalue weighted by molar-refractivity contribution is -0.153. The summed E-state index contributed by atoms with van der Waals surface area (Å²) >= 11 is 0. The van der Waals surface area contributed by atoms with Crippen molar-refractivity contribution in [2.75, 3.05) is 19.8 Å². The zero-order chi connectivity index (χ0) is 24.6. The van der Waals surface area contributed by atoms with Gasteiger partial charge in [0.05, 0.1) is 18.3 Å². The standard InChI is InChI=1S/C24H34F3NO5/c1-5-23(6-2,22(30)31-7-3)28-21(29)18-11-12-19(24(25,26)27)20(13-10-16(18)4)33-15-17-9-8-14-32-17/h11-12,17H,5-10,13-15H2,1-4H3,(H,28,29). The zero-order valence-electron chi connectivity index (χ0n) is 19.8. The Labute approximate surface area is 193 Å². The molecule has 0 aromatic heterocycles. The molecule has 0 radical (unpaired) electrons. The predicted octanol–water partition coefficient (Wildman–Crippen LogP) is 4.90. The molecule has 2 rings (SSSR count). The van der Waals surface area contributed by atoms with Crippen LogP contribution in [0.25, 0.3) is 0 Å². The number of carbonyl (C=O) groups excluding carboxylic acids is 2. The van der Waals surface area contributed by atoms with Gasteiger partial charge in [0.2, 0.25) is 0 Å². The fraction of sp³-hybridized carbons (Fsp3) is 0.667. The zero-order valence-corrected chi connectivity index (χ0v) is 19.8. The minimum Gasteiger partial charge on any atom is -0.495 e. The molecule has 0 spiro atoms. The first-order valence-corrected chi connectivity index (χ1v) is 11.5. The van der Waals surface area contributed by atoms with E-state index in [1.54, 1.807) is 27.7 Å². The van der Waals surface area contributed by atoms with Gasteiger partial charge in [0, 0.05) is 18.6 Å². The lowest BCUT2D eigenvalue weighted by atomic mass is 9.91. The van der Waals surface area contributed by atoms with Crippen LogP contribution in [0.3, 0.4) is 0 Å². The summed E-state index contributed by atoms with van der Waals surface area (Å²) in [6, 6.07) is 0. The van der Waals surface area contributed by atoms with Crippen molar-refractivity contribution < 1.29 is 37.0 Å². The first-order chi connectivity index (χ1) is 15.6. The molecule has 9 heteroatoms. The van der Waals surface area contributed by atoms with E-state index in [2.05, 4.69) is 5.32 Å². The summed E-state index contributed by atoms with van der Waals surface area (Å²) in [5.74, 6) is -1.32. The molecule has 1 heterocycles. The maximum Gasteiger partial charge on any atom is 0.419 e. The molecule has 1 unspecified atom stereocenters. The van der Waals surface area contributed by atoms with E-state index in [9.17, 15) is 22.8 Å². The first kappa shape index (κ1) is 27.0. The Morgan fingerprint density at radius 3 is 2.39 bits per heavy atom. The van der Waals surface area contributed by atoms with Crippen molar-refractivity contribution in [3.63, 3.8) is 0 Å². The molecule has 186 valence electrons. The number of alkyl halides is 3. The summed E-state index contributed by atoms with van der Waals surface area (Å²) < 4.78 is 57.5. The second-order valence-corrected chi connectivity index (χ2v) is 8.27. The maximum absolute atomic E-state index is 13.8. The van der Waals surface area contributed by atoms with Crippen molar-refractivity contribution in [2.45, 2.75) is 84.0 Å². The smallest absolute Gasteiger partial charge is 0.419 e. The van der Waals surface area contributed by atoms with Crippen molar-refractivity contribution >= 4 is 11.9 Å². The highest BCUT2D eigenvalue weighted by Gasteiger charge is 2.40. The number of esters is 1. The number of hydrogen-bond donors (Lipinski definition) is 1. The van der Waals surface area contributed by atoms with Crippen LogP contribution in [-0.4, -0.2) is 49.5 Å². The van der Waals surface area contributed by atoms with Gasteiger partial charge in [-0.25, -0.2) is 4.79 Å². The Hall–Kier alpha value is -2.29. The predicted molar refractivity (Wildman–Crippen MR) is 117 cm³/mol. The molecule has 0 aromatic rings. The number of allylic oxidation sites excluding steroid dienone is 4. The molecule has 0 bridgehead atoms. The number of ether oxygens (including phenoxy) is 3. The Kier molecular flexibility index (Phi) is 9.57. The second-order valence-electron chi connectivity index (χ2n) is 8.27. The van der Waals surface area contributed by atoms with Crippen LogP contribution in [-0.2, 0) is 23.8 Å². The van der Waals surface area contributed by atoms with Gasteiger partial charge in [-0.1, -0.05) is 19.4 Å². The SMILES string of the molecule is CCOC(=O)C(CC)(CC)NC(=O)C1=C(C)CCC(OCC2CCCO2)=C(C(F)(F)F)C=C1. The van der Waals surface area contributed by atoms with Crippen molar-refractivity contribution in [3.8, 4) is 0 Å². The summed E-state index contributed by atoms with van der Waals surface area (Å²) in [6.07, 6.45) is -0.409. The van der Waals surface area contributed by atoms with Crippen LogP contribution < -0.4 is 5.32 Å². The minimum absolute atomic E-state index is 0.000901. The quantitative estimate of drug-likeness (QED) is 0.482. The van der Waals surface area contributed by atoms with E-state index in [4.69, 9.17) is 14.2 Å². The normalized spacial score (nSPS) is 19.9. The van der Waals surface area contributed by atoms with Gasteiger partial charge in [-0.3, -0.25) is 4.79 Å². The second kappa shape index (κ2) is 11.7. The van der Waals surface area contributed by atoms with Crippen molar-refractivity contribution in [2.24, 2.45) is 0 Å². The molecule has 1 saturated heterocycles. The van der Waals surface area contributed by atoms with E-state index in [1.807, 2.05) is 0 Å². The van der Waals surface area contributed by atoms with E-state index in [0.717, 1.165) is 25.0 Å². The van der Waals surface area contributed by atoms with Gasteiger partial charge < -0.3 is 19.5 Å².